The molecule has 1 rings (SSSR count). The van der Waals surface area contributed by atoms with Crippen molar-refractivity contribution in [3.63, 3.8) is 0 Å². The highest BCUT2D eigenvalue weighted by Gasteiger charge is 2.18. The maximum absolute atomic E-state index is 13.6. The number of rotatable bonds is 5. The van der Waals surface area contributed by atoms with Gasteiger partial charge in [-0.25, -0.2) is 8.78 Å². The van der Waals surface area contributed by atoms with Crippen LogP contribution in [0.15, 0.2) is 16.6 Å². The van der Waals surface area contributed by atoms with Crippen LogP contribution in [0.2, 0.25) is 0 Å². The van der Waals surface area contributed by atoms with E-state index in [1.54, 1.807) is 6.92 Å². The number of carbonyl (C=O) groups is 2. The van der Waals surface area contributed by atoms with Gasteiger partial charge >= 0.3 is 0 Å². The second-order valence-corrected chi connectivity index (χ2v) is 4.82. The van der Waals surface area contributed by atoms with E-state index in [1.807, 2.05) is 5.32 Å². The van der Waals surface area contributed by atoms with E-state index in [0.29, 0.717) is 4.47 Å². The zero-order chi connectivity index (χ0) is 13.7. The normalized spacial score (nSPS) is 12.0. The molecule has 0 bridgehead atoms. The number of nitrogens with one attached hydrogen (secondary N) is 1. The number of hydrogen-bond donors (Lipinski definition) is 1. The molecule has 0 aromatic heterocycles. The Morgan fingerprint density at radius 3 is 2.50 bits per heavy atom. The minimum absolute atomic E-state index is 0.0366. The first kappa shape index (κ1) is 14.8. The van der Waals surface area contributed by atoms with Crippen LogP contribution < -0.4 is 5.32 Å². The standard InChI is InChI=1S/C12H12BrF2NO2/c1-7(2-3-11(18)16-6-17)12-9(14)4-8(13)5-10(12)15/h4-7H,2-3H2,1H3,(H,16,17,18). The molecule has 1 aromatic rings. The summed E-state index contributed by atoms with van der Waals surface area (Å²) in [6.45, 7) is 1.63. The molecule has 0 saturated heterocycles. The van der Waals surface area contributed by atoms with Gasteiger partial charge in [0.05, 0.1) is 0 Å². The van der Waals surface area contributed by atoms with Gasteiger partial charge in [-0.05, 0) is 24.5 Å². The number of hydrogen-bond acceptors (Lipinski definition) is 2. The van der Waals surface area contributed by atoms with Gasteiger partial charge in [-0.3, -0.25) is 14.9 Å². The van der Waals surface area contributed by atoms with Crippen molar-refractivity contribution in [2.24, 2.45) is 0 Å². The van der Waals surface area contributed by atoms with Crippen LogP contribution in [0, 0.1) is 11.6 Å². The van der Waals surface area contributed by atoms with Crippen LogP contribution in [0.25, 0.3) is 0 Å². The average molecular weight is 320 g/mol. The van der Waals surface area contributed by atoms with E-state index in [1.165, 1.54) is 12.1 Å². The van der Waals surface area contributed by atoms with Crippen molar-refractivity contribution in [1.29, 1.82) is 0 Å². The largest absolute Gasteiger partial charge is 0.299 e. The van der Waals surface area contributed by atoms with E-state index in [-0.39, 0.29) is 24.8 Å². The SMILES string of the molecule is CC(CCC(=O)NC=O)c1c(F)cc(Br)cc1F. The van der Waals surface area contributed by atoms with Crippen molar-refractivity contribution in [1.82, 2.24) is 5.32 Å². The first-order valence-electron chi connectivity index (χ1n) is 5.33. The van der Waals surface area contributed by atoms with Crippen molar-refractivity contribution in [3.05, 3.63) is 33.8 Å². The fourth-order valence-corrected chi connectivity index (χ4v) is 2.06. The molecule has 0 fully saturated rings. The lowest BCUT2D eigenvalue weighted by Crippen LogP contribution is -2.21. The molecule has 1 atom stereocenters. The average Bonchev–Trinajstić information content (AvgIpc) is 2.25. The van der Waals surface area contributed by atoms with E-state index >= 15 is 0 Å². The van der Waals surface area contributed by atoms with E-state index in [9.17, 15) is 18.4 Å². The molecule has 98 valence electrons. The molecular formula is C12H12BrF2NO2. The monoisotopic (exact) mass is 319 g/mol. The summed E-state index contributed by atoms with van der Waals surface area (Å²) >= 11 is 3.00. The molecule has 18 heavy (non-hydrogen) atoms. The quantitative estimate of drug-likeness (QED) is 0.848. The number of amides is 2. The third-order valence-corrected chi connectivity index (χ3v) is 3.02. The Hall–Kier alpha value is -1.30. The van der Waals surface area contributed by atoms with Crippen molar-refractivity contribution >= 4 is 28.2 Å². The fourth-order valence-electron chi connectivity index (χ4n) is 1.65. The van der Waals surface area contributed by atoms with E-state index in [2.05, 4.69) is 15.9 Å². The minimum Gasteiger partial charge on any atom is -0.299 e. The van der Waals surface area contributed by atoms with Gasteiger partial charge < -0.3 is 0 Å². The summed E-state index contributed by atoms with van der Waals surface area (Å²) < 4.78 is 27.5. The molecule has 6 heteroatoms. The number of halogens is 3. The van der Waals surface area contributed by atoms with Crippen LogP contribution in [0.4, 0.5) is 8.78 Å². The Morgan fingerprint density at radius 1 is 1.44 bits per heavy atom. The summed E-state index contributed by atoms with van der Waals surface area (Å²) in [6, 6.07) is 2.36. The lowest BCUT2D eigenvalue weighted by atomic mass is 9.95. The van der Waals surface area contributed by atoms with Crippen molar-refractivity contribution in [2.45, 2.75) is 25.7 Å². The van der Waals surface area contributed by atoms with Gasteiger partial charge in [0.15, 0.2) is 0 Å². The van der Waals surface area contributed by atoms with Crippen molar-refractivity contribution < 1.29 is 18.4 Å². The van der Waals surface area contributed by atoms with Gasteiger partial charge in [-0.2, -0.15) is 0 Å². The van der Waals surface area contributed by atoms with Gasteiger partial charge in [0.25, 0.3) is 0 Å². The highest BCUT2D eigenvalue weighted by atomic mass is 79.9. The maximum atomic E-state index is 13.6. The molecular weight excluding hydrogens is 308 g/mol. The first-order valence-corrected chi connectivity index (χ1v) is 6.12. The van der Waals surface area contributed by atoms with Crippen LogP contribution in [0.1, 0.15) is 31.2 Å². The Bertz CT molecular complexity index is 442. The van der Waals surface area contributed by atoms with Crippen LogP contribution >= 0.6 is 15.9 Å². The zero-order valence-electron chi connectivity index (χ0n) is 9.67. The van der Waals surface area contributed by atoms with Crippen molar-refractivity contribution in [2.75, 3.05) is 0 Å². The lowest BCUT2D eigenvalue weighted by molar-refractivity contribution is -0.125. The molecule has 0 heterocycles. The van der Waals surface area contributed by atoms with Crippen LogP contribution in [-0.2, 0) is 9.59 Å². The summed E-state index contributed by atoms with van der Waals surface area (Å²) in [7, 11) is 0. The lowest BCUT2D eigenvalue weighted by Gasteiger charge is -2.13. The highest BCUT2D eigenvalue weighted by molar-refractivity contribution is 9.10. The van der Waals surface area contributed by atoms with Crippen molar-refractivity contribution in [3.8, 4) is 0 Å². The van der Waals surface area contributed by atoms with E-state index in [4.69, 9.17) is 0 Å². The smallest absolute Gasteiger partial charge is 0.226 e. The molecule has 0 aliphatic heterocycles. The predicted molar refractivity (Wildman–Crippen MR) is 65.9 cm³/mol. The molecule has 2 amide bonds. The maximum Gasteiger partial charge on any atom is 0.226 e. The summed E-state index contributed by atoms with van der Waals surface area (Å²) in [6.07, 6.45) is 0.581. The Kier molecular flexibility index (Phi) is 5.40. The van der Waals surface area contributed by atoms with E-state index in [0.717, 1.165) is 0 Å². The summed E-state index contributed by atoms with van der Waals surface area (Å²) in [4.78, 5) is 21.1. The fraction of sp³-hybridized carbons (Fsp3) is 0.333. The topological polar surface area (TPSA) is 46.2 Å². The number of imide groups is 1. The summed E-state index contributed by atoms with van der Waals surface area (Å²) in [5.41, 5.74) is -0.0443. The van der Waals surface area contributed by atoms with Gasteiger partial charge in [0.2, 0.25) is 12.3 Å². The molecule has 1 N–H and O–H groups in total. The van der Waals surface area contributed by atoms with Crippen LogP contribution in [0.5, 0.6) is 0 Å². The molecule has 1 aromatic carbocycles. The van der Waals surface area contributed by atoms with Crippen LogP contribution in [0.3, 0.4) is 0 Å². The second kappa shape index (κ2) is 6.58. The highest BCUT2D eigenvalue weighted by Crippen LogP contribution is 2.28. The zero-order valence-corrected chi connectivity index (χ0v) is 11.3. The molecule has 0 aliphatic rings. The third-order valence-electron chi connectivity index (χ3n) is 2.56. The first-order chi connectivity index (χ1) is 8.45. The van der Waals surface area contributed by atoms with Gasteiger partial charge in [0, 0.05) is 16.5 Å². The molecule has 3 nitrogen and oxygen atoms in total. The molecule has 0 aliphatic carbocycles. The Balaban J connectivity index is 2.75. The Morgan fingerprint density at radius 2 is 2.00 bits per heavy atom. The molecule has 0 radical (unpaired) electrons. The van der Waals surface area contributed by atoms with Crippen LogP contribution in [-0.4, -0.2) is 12.3 Å². The molecule has 0 saturated carbocycles. The second-order valence-electron chi connectivity index (χ2n) is 3.91. The summed E-state index contributed by atoms with van der Waals surface area (Å²) in [5.74, 6) is -2.21. The molecule has 1 unspecified atom stereocenters. The minimum atomic E-state index is -0.648. The summed E-state index contributed by atoms with van der Waals surface area (Å²) in [5, 5.41) is 1.98. The molecule has 0 spiro atoms. The number of benzene rings is 1. The Labute approximate surface area is 112 Å². The van der Waals surface area contributed by atoms with Gasteiger partial charge in [0.1, 0.15) is 11.6 Å². The predicted octanol–water partition coefficient (Wildman–Crippen LogP) is 2.88. The van der Waals surface area contributed by atoms with E-state index < -0.39 is 23.5 Å². The number of carbonyl (C=O) groups excluding carboxylic acids is 2. The third kappa shape index (κ3) is 3.87. The van der Waals surface area contributed by atoms with Gasteiger partial charge in [-0.1, -0.05) is 22.9 Å². The van der Waals surface area contributed by atoms with Gasteiger partial charge in [-0.15, -0.1) is 0 Å².